The summed E-state index contributed by atoms with van der Waals surface area (Å²) in [6.45, 7) is 0. The molecule has 0 heterocycles. The quantitative estimate of drug-likeness (QED) is 0.790. The number of rotatable bonds is 3. The highest BCUT2D eigenvalue weighted by atomic mass is 79.9. The van der Waals surface area contributed by atoms with Crippen LogP contribution in [0.4, 0.5) is 4.39 Å². The van der Waals surface area contributed by atoms with E-state index in [9.17, 15) is 4.39 Å². The maximum atomic E-state index is 14.0. The molecule has 1 atom stereocenters. The van der Waals surface area contributed by atoms with Crippen LogP contribution in [0.2, 0.25) is 10.0 Å². The van der Waals surface area contributed by atoms with E-state index in [1.807, 2.05) is 6.07 Å². The molecule has 0 radical (unpaired) electrons. The molecule has 0 aliphatic rings. The van der Waals surface area contributed by atoms with E-state index < -0.39 is 0 Å². The van der Waals surface area contributed by atoms with Crippen molar-refractivity contribution >= 4 is 39.1 Å². The number of nitrogens with one attached hydrogen (secondary N) is 1. The minimum atomic E-state index is -0.301. The predicted octanol–water partition coefficient (Wildman–Crippen LogP) is 5.20. The van der Waals surface area contributed by atoms with E-state index >= 15 is 0 Å². The summed E-state index contributed by atoms with van der Waals surface area (Å²) in [5, 5.41) is 4.02. The van der Waals surface area contributed by atoms with Crippen LogP contribution in [0.15, 0.2) is 40.9 Å². The highest BCUT2D eigenvalue weighted by molar-refractivity contribution is 9.10. The summed E-state index contributed by atoms with van der Waals surface area (Å²) >= 11 is 15.3. The second-order valence-corrected chi connectivity index (χ2v) is 5.70. The first-order chi connectivity index (χ1) is 9.04. The Labute approximate surface area is 129 Å². The van der Waals surface area contributed by atoms with Crippen LogP contribution in [0.25, 0.3) is 0 Å². The summed E-state index contributed by atoms with van der Waals surface area (Å²) in [4.78, 5) is 0. The lowest BCUT2D eigenvalue weighted by Gasteiger charge is -2.20. The lowest BCUT2D eigenvalue weighted by molar-refractivity contribution is 0.574. The van der Waals surface area contributed by atoms with Gasteiger partial charge in [0.1, 0.15) is 5.82 Å². The molecule has 1 nitrogen and oxygen atoms in total. The van der Waals surface area contributed by atoms with Gasteiger partial charge in [0, 0.05) is 10.0 Å². The first kappa shape index (κ1) is 14.8. The van der Waals surface area contributed by atoms with Gasteiger partial charge in [-0.2, -0.15) is 0 Å². The standard InChI is InChI=1S/C14H11BrCl2FN/c1-19-14(8-5-6-10(16)11(17)7-8)13-9(15)3-2-4-12(13)18/h2-7,14,19H,1H3. The number of hydrogen-bond acceptors (Lipinski definition) is 1. The van der Waals surface area contributed by atoms with Gasteiger partial charge < -0.3 is 5.32 Å². The molecule has 1 N–H and O–H groups in total. The summed E-state index contributed by atoms with van der Waals surface area (Å²) in [5.41, 5.74) is 1.39. The molecule has 2 aromatic rings. The molecule has 100 valence electrons. The minimum absolute atomic E-state index is 0.278. The fourth-order valence-electron chi connectivity index (χ4n) is 1.96. The molecule has 0 aliphatic heterocycles. The Morgan fingerprint density at radius 1 is 1.16 bits per heavy atom. The molecule has 0 bridgehead atoms. The molecule has 0 aromatic heterocycles. The molecule has 0 amide bonds. The van der Waals surface area contributed by atoms with Crippen molar-refractivity contribution in [1.82, 2.24) is 5.32 Å². The van der Waals surface area contributed by atoms with Crippen molar-refractivity contribution in [2.45, 2.75) is 6.04 Å². The third kappa shape index (κ3) is 3.11. The predicted molar refractivity (Wildman–Crippen MR) is 81.5 cm³/mol. The molecule has 2 aromatic carbocycles. The highest BCUT2D eigenvalue weighted by Gasteiger charge is 2.19. The Hall–Kier alpha value is -0.610. The Morgan fingerprint density at radius 2 is 1.89 bits per heavy atom. The van der Waals surface area contributed by atoms with Gasteiger partial charge in [-0.1, -0.05) is 51.3 Å². The molecule has 1 unspecified atom stereocenters. The average Bonchev–Trinajstić information content (AvgIpc) is 2.37. The van der Waals surface area contributed by atoms with E-state index in [1.54, 1.807) is 31.3 Å². The monoisotopic (exact) mass is 361 g/mol. The van der Waals surface area contributed by atoms with Crippen LogP contribution in [-0.2, 0) is 0 Å². The first-order valence-corrected chi connectivity index (χ1v) is 7.15. The van der Waals surface area contributed by atoms with E-state index in [2.05, 4.69) is 21.2 Å². The van der Waals surface area contributed by atoms with Crippen LogP contribution < -0.4 is 5.32 Å². The van der Waals surface area contributed by atoms with Crippen molar-refractivity contribution in [1.29, 1.82) is 0 Å². The van der Waals surface area contributed by atoms with Gasteiger partial charge in [-0.25, -0.2) is 4.39 Å². The minimum Gasteiger partial charge on any atom is -0.309 e. The molecule has 0 saturated heterocycles. The van der Waals surface area contributed by atoms with Gasteiger partial charge in [0.15, 0.2) is 0 Å². The van der Waals surface area contributed by atoms with Gasteiger partial charge in [-0.05, 0) is 36.9 Å². The number of hydrogen-bond donors (Lipinski definition) is 1. The summed E-state index contributed by atoms with van der Waals surface area (Å²) in [6, 6.07) is 9.87. The maximum Gasteiger partial charge on any atom is 0.129 e. The summed E-state index contributed by atoms with van der Waals surface area (Å²) in [5.74, 6) is -0.278. The van der Waals surface area contributed by atoms with Crippen LogP contribution in [0, 0.1) is 5.82 Å². The number of halogens is 4. The lowest BCUT2D eigenvalue weighted by atomic mass is 9.98. The fourth-order valence-corrected chi connectivity index (χ4v) is 2.83. The molecule has 0 spiro atoms. The normalized spacial score (nSPS) is 12.5. The number of benzene rings is 2. The maximum absolute atomic E-state index is 14.0. The molecular formula is C14H11BrCl2FN. The van der Waals surface area contributed by atoms with Gasteiger partial charge in [0.2, 0.25) is 0 Å². The third-order valence-electron chi connectivity index (χ3n) is 2.85. The van der Waals surface area contributed by atoms with Crippen molar-refractivity contribution in [2.24, 2.45) is 0 Å². The second kappa shape index (κ2) is 6.23. The topological polar surface area (TPSA) is 12.0 Å². The van der Waals surface area contributed by atoms with Crippen LogP contribution in [0.3, 0.4) is 0 Å². The molecular weight excluding hydrogens is 352 g/mol. The summed E-state index contributed by atoms with van der Waals surface area (Å²) < 4.78 is 14.7. The van der Waals surface area contributed by atoms with Crippen LogP contribution in [0.1, 0.15) is 17.2 Å². The fraction of sp³-hybridized carbons (Fsp3) is 0.143. The second-order valence-electron chi connectivity index (χ2n) is 4.03. The van der Waals surface area contributed by atoms with Crippen molar-refractivity contribution in [3.05, 3.63) is 67.9 Å². The molecule has 5 heteroatoms. The van der Waals surface area contributed by atoms with Gasteiger partial charge in [-0.15, -0.1) is 0 Å². The average molecular weight is 363 g/mol. The Morgan fingerprint density at radius 3 is 2.47 bits per heavy atom. The SMILES string of the molecule is CNC(c1ccc(Cl)c(Cl)c1)c1c(F)cccc1Br. The van der Waals surface area contributed by atoms with E-state index in [-0.39, 0.29) is 11.9 Å². The van der Waals surface area contributed by atoms with E-state index in [1.165, 1.54) is 6.07 Å². The molecule has 0 fully saturated rings. The molecule has 2 rings (SSSR count). The van der Waals surface area contributed by atoms with Crippen molar-refractivity contribution in [3.8, 4) is 0 Å². The van der Waals surface area contributed by atoms with Crippen LogP contribution in [-0.4, -0.2) is 7.05 Å². The molecule has 0 aliphatic carbocycles. The Balaban J connectivity index is 2.53. The third-order valence-corrected chi connectivity index (χ3v) is 4.28. The van der Waals surface area contributed by atoms with E-state index in [4.69, 9.17) is 23.2 Å². The van der Waals surface area contributed by atoms with Crippen molar-refractivity contribution in [3.63, 3.8) is 0 Å². The Kier molecular flexibility index (Phi) is 4.85. The summed E-state index contributed by atoms with van der Waals surface area (Å²) in [7, 11) is 1.77. The molecule has 19 heavy (non-hydrogen) atoms. The zero-order valence-electron chi connectivity index (χ0n) is 10.1. The van der Waals surface area contributed by atoms with E-state index in [0.29, 0.717) is 20.1 Å². The van der Waals surface area contributed by atoms with Gasteiger partial charge >= 0.3 is 0 Å². The van der Waals surface area contributed by atoms with Crippen LogP contribution in [0.5, 0.6) is 0 Å². The lowest BCUT2D eigenvalue weighted by Crippen LogP contribution is -2.19. The van der Waals surface area contributed by atoms with Crippen LogP contribution >= 0.6 is 39.1 Å². The zero-order valence-corrected chi connectivity index (χ0v) is 13.2. The summed E-state index contributed by atoms with van der Waals surface area (Å²) in [6.07, 6.45) is 0. The zero-order chi connectivity index (χ0) is 14.0. The smallest absolute Gasteiger partial charge is 0.129 e. The Bertz CT molecular complexity index is 584. The highest BCUT2D eigenvalue weighted by Crippen LogP contribution is 2.33. The van der Waals surface area contributed by atoms with Gasteiger partial charge in [0.05, 0.1) is 16.1 Å². The largest absolute Gasteiger partial charge is 0.309 e. The van der Waals surface area contributed by atoms with Gasteiger partial charge in [-0.3, -0.25) is 0 Å². The van der Waals surface area contributed by atoms with Crippen molar-refractivity contribution in [2.75, 3.05) is 7.05 Å². The first-order valence-electron chi connectivity index (χ1n) is 5.60. The van der Waals surface area contributed by atoms with E-state index in [0.717, 1.165) is 5.56 Å². The van der Waals surface area contributed by atoms with Gasteiger partial charge in [0.25, 0.3) is 0 Å². The van der Waals surface area contributed by atoms with Crippen molar-refractivity contribution < 1.29 is 4.39 Å². The molecule has 0 saturated carbocycles.